The number of aromatic nitrogens is 2. The molecule has 2 N–H and O–H groups in total. The average molecular weight is 243 g/mol. The zero-order valence-corrected chi connectivity index (χ0v) is 10.8. The van der Waals surface area contributed by atoms with Crippen LogP contribution in [0, 0.1) is 0 Å². The molecule has 0 spiro atoms. The molecule has 3 rings (SSSR count). The van der Waals surface area contributed by atoms with Gasteiger partial charge in [0, 0.05) is 12.1 Å². The summed E-state index contributed by atoms with van der Waals surface area (Å²) in [7, 11) is 0. The molecule has 2 aromatic rings. The van der Waals surface area contributed by atoms with Crippen molar-refractivity contribution < 1.29 is 0 Å². The standard InChI is InChI=1S/C15H21N3/c16-15-14(12-8-4-2-1-3-5-9-12)17-13-10-6-7-11-18(13)15/h6-7,10-12H,1-5,8-9,16H2. The van der Waals surface area contributed by atoms with Crippen LogP contribution in [0.2, 0.25) is 0 Å². The highest BCUT2D eigenvalue weighted by molar-refractivity contribution is 5.53. The zero-order valence-electron chi connectivity index (χ0n) is 10.8. The molecule has 0 aliphatic heterocycles. The van der Waals surface area contributed by atoms with Gasteiger partial charge >= 0.3 is 0 Å². The lowest BCUT2D eigenvalue weighted by atomic mass is 9.89. The summed E-state index contributed by atoms with van der Waals surface area (Å²) in [5, 5.41) is 0. The van der Waals surface area contributed by atoms with Crippen molar-refractivity contribution in [3.8, 4) is 0 Å². The normalized spacial score (nSPS) is 18.7. The number of fused-ring (bicyclic) bond motifs is 1. The van der Waals surface area contributed by atoms with Gasteiger partial charge in [0.2, 0.25) is 0 Å². The molecule has 0 bridgehead atoms. The van der Waals surface area contributed by atoms with E-state index in [0.29, 0.717) is 5.92 Å². The molecule has 3 nitrogen and oxygen atoms in total. The molecule has 0 amide bonds. The monoisotopic (exact) mass is 243 g/mol. The molecule has 1 saturated carbocycles. The van der Waals surface area contributed by atoms with E-state index < -0.39 is 0 Å². The van der Waals surface area contributed by atoms with E-state index in [0.717, 1.165) is 17.2 Å². The third kappa shape index (κ3) is 2.09. The molecule has 18 heavy (non-hydrogen) atoms. The number of hydrogen-bond acceptors (Lipinski definition) is 2. The van der Waals surface area contributed by atoms with Crippen LogP contribution < -0.4 is 5.73 Å². The van der Waals surface area contributed by atoms with Crippen molar-refractivity contribution >= 4 is 11.5 Å². The highest BCUT2D eigenvalue weighted by Gasteiger charge is 2.20. The predicted molar refractivity (Wildman–Crippen MR) is 74.7 cm³/mol. The summed E-state index contributed by atoms with van der Waals surface area (Å²) in [6, 6.07) is 6.05. The first kappa shape index (κ1) is 11.6. The van der Waals surface area contributed by atoms with Gasteiger partial charge in [-0.15, -0.1) is 0 Å². The van der Waals surface area contributed by atoms with Gasteiger partial charge < -0.3 is 5.73 Å². The molecule has 0 saturated heterocycles. The van der Waals surface area contributed by atoms with Crippen LogP contribution >= 0.6 is 0 Å². The van der Waals surface area contributed by atoms with E-state index in [-0.39, 0.29) is 0 Å². The van der Waals surface area contributed by atoms with E-state index in [9.17, 15) is 0 Å². The van der Waals surface area contributed by atoms with Gasteiger partial charge in [-0.3, -0.25) is 4.40 Å². The fourth-order valence-electron chi connectivity index (χ4n) is 3.06. The van der Waals surface area contributed by atoms with Crippen LogP contribution in [0.1, 0.15) is 56.6 Å². The van der Waals surface area contributed by atoms with Crippen LogP contribution in [-0.2, 0) is 0 Å². The van der Waals surface area contributed by atoms with Gasteiger partial charge in [0.15, 0.2) is 0 Å². The van der Waals surface area contributed by atoms with Crippen molar-refractivity contribution in [3.05, 3.63) is 30.1 Å². The fraction of sp³-hybridized carbons (Fsp3) is 0.533. The minimum Gasteiger partial charge on any atom is -0.383 e. The summed E-state index contributed by atoms with van der Waals surface area (Å²) < 4.78 is 2.01. The quantitative estimate of drug-likeness (QED) is 0.829. The predicted octanol–water partition coefficient (Wildman–Crippen LogP) is 3.74. The second-order valence-electron chi connectivity index (χ2n) is 5.35. The van der Waals surface area contributed by atoms with Crippen molar-refractivity contribution in [2.24, 2.45) is 0 Å². The SMILES string of the molecule is Nc1c(C2CCCCCCC2)nc2ccccn12. The maximum atomic E-state index is 6.26. The number of nitrogens with two attached hydrogens (primary N) is 1. The maximum Gasteiger partial charge on any atom is 0.138 e. The number of nitrogens with zero attached hydrogens (tertiary/aromatic N) is 2. The Balaban J connectivity index is 1.94. The summed E-state index contributed by atoms with van der Waals surface area (Å²) in [4.78, 5) is 4.75. The van der Waals surface area contributed by atoms with Gasteiger partial charge in [0.25, 0.3) is 0 Å². The molecule has 1 aliphatic rings. The van der Waals surface area contributed by atoms with Gasteiger partial charge in [-0.25, -0.2) is 4.98 Å². The summed E-state index contributed by atoms with van der Waals surface area (Å²) in [6.45, 7) is 0. The molecule has 0 unspecified atom stereocenters. The van der Waals surface area contributed by atoms with Crippen LogP contribution in [0.25, 0.3) is 5.65 Å². The van der Waals surface area contributed by atoms with Crippen LogP contribution in [0.4, 0.5) is 5.82 Å². The van der Waals surface area contributed by atoms with Gasteiger partial charge in [-0.1, -0.05) is 38.2 Å². The van der Waals surface area contributed by atoms with Gasteiger partial charge in [0.1, 0.15) is 11.5 Å². The van der Waals surface area contributed by atoms with Gasteiger partial charge in [0.05, 0.1) is 5.69 Å². The van der Waals surface area contributed by atoms with Crippen LogP contribution in [0.15, 0.2) is 24.4 Å². The first-order valence-electron chi connectivity index (χ1n) is 7.09. The van der Waals surface area contributed by atoms with E-state index in [1.54, 1.807) is 0 Å². The Morgan fingerprint density at radius 1 is 1.06 bits per heavy atom. The summed E-state index contributed by atoms with van der Waals surface area (Å²) >= 11 is 0. The Bertz CT molecular complexity index is 522. The maximum absolute atomic E-state index is 6.26. The number of nitrogen functional groups attached to an aromatic ring is 1. The summed E-state index contributed by atoms with van der Waals surface area (Å²) in [5.74, 6) is 1.40. The number of hydrogen-bond donors (Lipinski definition) is 1. The van der Waals surface area contributed by atoms with Crippen molar-refractivity contribution in [1.29, 1.82) is 0 Å². The fourth-order valence-corrected chi connectivity index (χ4v) is 3.06. The highest BCUT2D eigenvalue weighted by atomic mass is 15.1. The molecule has 0 aromatic carbocycles. The lowest BCUT2D eigenvalue weighted by Gasteiger charge is -2.18. The smallest absolute Gasteiger partial charge is 0.138 e. The first-order chi connectivity index (χ1) is 8.86. The largest absolute Gasteiger partial charge is 0.383 e. The van der Waals surface area contributed by atoms with E-state index in [1.807, 2.05) is 28.8 Å². The molecular weight excluding hydrogens is 222 g/mol. The number of rotatable bonds is 1. The molecule has 1 aliphatic carbocycles. The van der Waals surface area contributed by atoms with Crippen LogP contribution in [0.3, 0.4) is 0 Å². The van der Waals surface area contributed by atoms with Gasteiger partial charge in [-0.05, 0) is 25.0 Å². The molecule has 2 aromatic heterocycles. The van der Waals surface area contributed by atoms with E-state index in [2.05, 4.69) is 0 Å². The minimum absolute atomic E-state index is 0.560. The Morgan fingerprint density at radius 2 is 1.78 bits per heavy atom. The molecule has 0 atom stereocenters. The Hall–Kier alpha value is -1.51. The lowest BCUT2D eigenvalue weighted by Crippen LogP contribution is -2.06. The average Bonchev–Trinajstić information content (AvgIpc) is 2.67. The van der Waals surface area contributed by atoms with Gasteiger partial charge in [-0.2, -0.15) is 0 Å². The lowest BCUT2D eigenvalue weighted by molar-refractivity contribution is 0.451. The van der Waals surface area contributed by atoms with Crippen LogP contribution in [-0.4, -0.2) is 9.38 Å². The minimum atomic E-state index is 0.560. The number of pyridine rings is 1. The van der Waals surface area contributed by atoms with Crippen LogP contribution in [0.5, 0.6) is 0 Å². The van der Waals surface area contributed by atoms with Crippen molar-refractivity contribution in [2.75, 3.05) is 5.73 Å². The number of imidazole rings is 1. The van der Waals surface area contributed by atoms with E-state index in [4.69, 9.17) is 10.7 Å². The Kier molecular flexibility index (Phi) is 3.22. The molecule has 96 valence electrons. The topological polar surface area (TPSA) is 43.3 Å². The second kappa shape index (κ2) is 5.01. The van der Waals surface area contributed by atoms with E-state index >= 15 is 0 Å². The molecule has 3 heteroatoms. The Morgan fingerprint density at radius 3 is 2.50 bits per heavy atom. The Labute approximate surface area is 108 Å². The molecule has 2 heterocycles. The van der Waals surface area contributed by atoms with Crippen molar-refractivity contribution in [3.63, 3.8) is 0 Å². The summed E-state index contributed by atoms with van der Waals surface area (Å²) in [5.41, 5.74) is 8.37. The summed E-state index contributed by atoms with van der Waals surface area (Å²) in [6.07, 6.45) is 11.3. The van der Waals surface area contributed by atoms with Crippen molar-refractivity contribution in [1.82, 2.24) is 9.38 Å². The van der Waals surface area contributed by atoms with E-state index in [1.165, 1.54) is 44.9 Å². The molecular formula is C15H21N3. The third-order valence-electron chi connectivity index (χ3n) is 4.09. The molecule has 1 fully saturated rings. The molecule has 0 radical (unpaired) electrons. The highest BCUT2D eigenvalue weighted by Crippen LogP contribution is 2.33. The second-order valence-corrected chi connectivity index (χ2v) is 5.35. The zero-order chi connectivity index (χ0) is 12.4. The van der Waals surface area contributed by atoms with Crippen molar-refractivity contribution in [2.45, 2.75) is 50.9 Å². The third-order valence-corrected chi connectivity index (χ3v) is 4.09. The first-order valence-corrected chi connectivity index (χ1v) is 7.09. The number of anilines is 1.